The highest BCUT2D eigenvalue weighted by Gasteiger charge is 2.29. The molecule has 2 rings (SSSR count). The molecule has 0 bridgehead atoms. The van der Waals surface area contributed by atoms with Gasteiger partial charge in [0.15, 0.2) is 0 Å². The van der Waals surface area contributed by atoms with Crippen LogP contribution in [0.25, 0.3) is 0 Å². The predicted octanol–water partition coefficient (Wildman–Crippen LogP) is 1.93. The summed E-state index contributed by atoms with van der Waals surface area (Å²) in [5.41, 5.74) is 7.40. The van der Waals surface area contributed by atoms with Crippen molar-refractivity contribution in [1.29, 1.82) is 0 Å². The Hall–Kier alpha value is -0.800. The van der Waals surface area contributed by atoms with Crippen LogP contribution in [0, 0.1) is 5.92 Å². The highest BCUT2D eigenvalue weighted by Crippen LogP contribution is 2.39. The molecule has 2 unspecified atom stereocenters. The van der Waals surface area contributed by atoms with Gasteiger partial charge in [0.1, 0.15) is 0 Å². The van der Waals surface area contributed by atoms with Crippen molar-refractivity contribution in [1.82, 2.24) is 4.57 Å². The topological polar surface area (TPSA) is 40.2 Å². The summed E-state index contributed by atoms with van der Waals surface area (Å²) < 4.78 is 7.39. The van der Waals surface area contributed by atoms with E-state index in [1.165, 1.54) is 18.4 Å². The largest absolute Gasteiger partial charge is 0.380 e. The summed E-state index contributed by atoms with van der Waals surface area (Å²) in [5.74, 6) is 0.723. The van der Waals surface area contributed by atoms with Crippen LogP contribution in [0.3, 0.4) is 0 Å². The van der Waals surface area contributed by atoms with Gasteiger partial charge < -0.3 is 15.0 Å². The number of hydrogen-bond donors (Lipinski definition) is 1. The second-order valence-corrected chi connectivity index (χ2v) is 4.55. The normalized spacial score (nSPS) is 20.2. The third kappa shape index (κ3) is 2.61. The first-order valence-corrected chi connectivity index (χ1v) is 5.64. The molecule has 1 saturated carbocycles. The van der Waals surface area contributed by atoms with Gasteiger partial charge in [0.05, 0.1) is 6.10 Å². The van der Waals surface area contributed by atoms with E-state index in [-0.39, 0.29) is 12.1 Å². The van der Waals surface area contributed by atoms with Crippen LogP contribution in [-0.4, -0.2) is 17.8 Å². The summed E-state index contributed by atoms with van der Waals surface area (Å²) in [5, 5.41) is 0. The maximum atomic E-state index is 6.13. The average Bonchev–Trinajstić information content (AvgIpc) is 2.98. The highest BCUT2D eigenvalue weighted by atomic mass is 16.5. The maximum Gasteiger partial charge on any atom is 0.0721 e. The number of rotatable bonds is 5. The molecule has 2 N–H and O–H groups in total. The first-order valence-electron chi connectivity index (χ1n) is 5.64. The van der Waals surface area contributed by atoms with Gasteiger partial charge in [0, 0.05) is 32.1 Å². The molecule has 0 saturated heterocycles. The summed E-state index contributed by atoms with van der Waals surface area (Å²) >= 11 is 0. The maximum absolute atomic E-state index is 6.13. The Kier molecular flexibility index (Phi) is 3.12. The molecule has 3 nitrogen and oxygen atoms in total. The van der Waals surface area contributed by atoms with E-state index in [2.05, 4.69) is 30.0 Å². The van der Waals surface area contributed by atoms with Gasteiger partial charge in [-0.1, -0.05) is 0 Å². The second kappa shape index (κ2) is 4.37. The van der Waals surface area contributed by atoms with Crippen molar-refractivity contribution in [2.45, 2.75) is 38.5 Å². The van der Waals surface area contributed by atoms with Crippen LogP contribution in [0.2, 0.25) is 0 Å². The quantitative estimate of drug-likeness (QED) is 0.803. The molecule has 1 aromatic heterocycles. The van der Waals surface area contributed by atoms with Gasteiger partial charge in [-0.05, 0) is 37.3 Å². The zero-order chi connectivity index (χ0) is 10.8. The Labute approximate surface area is 91.2 Å². The van der Waals surface area contributed by atoms with Gasteiger partial charge in [-0.15, -0.1) is 0 Å². The van der Waals surface area contributed by atoms with Crippen LogP contribution in [0.15, 0.2) is 18.5 Å². The monoisotopic (exact) mass is 208 g/mol. The van der Waals surface area contributed by atoms with Gasteiger partial charge in [-0.2, -0.15) is 0 Å². The molecule has 2 atom stereocenters. The Morgan fingerprint density at radius 2 is 2.33 bits per heavy atom. The third-order valence-electron chi connectivity index (χ3n) is 3.16. The van der Waals surface area contributed by atoms with Gasteiger partial charge >= 0.3 is 0 Å². The lowest BCUT2D eigenvalue weighted by molar-refractivity contribution is 0.103. The fraction of sp³-hybridized carbons (Fsp3) is 0.667. The van der Waals surface area contributed by atoms with Crippen LogP contribution in [0.4, 0.5) is 0 Å². The number of methoxy groups -OCH3 is 1. The molecule has 0 radical (unpaired) electrons. The van der Waals surface area contributed by atoms with Crippen LogP contribution < -0.4 is 5.73 Å². The van der Waals surface area contributed by atoms with Gasteiger partial charge in [-0.3, -0.25) is 0 Å². The number of nitrogens with zero attached hydrogens (tertiary/aromatic N) is 1. The Morgan fingerprint density at radius 3 is 2.93 bits per heavy atom. The molecule has 1 aromatic rings. The molecular formula is C12H20N2O. The van der Waals surface area contributed by atoms with E-state index < -0.39 is 0 Å². The van der Waals surface area contributed by atoms with E-state index in [0.29, 0.717) is 0 Å². The SMILES string of the molecule is COC(C)Cn1ccc(C(N)C2CC2)c1. The summed E-state index contributed by atoms with van der Waals surface area (Å²) in [6.07, 6.45) is 7.08. The smallest absolute Gasteiger partial charge is 0.0721 e. The minimum absolute atomic E-state index is 0.240. The minimum Gasteiger partial charge on any atom is -0.380 e. The van der Waals surface area contributed by atoms with E-state index in [1.54, 1.807) is 7.11 Å². The van der Waals surface area contributed by atoms with E-state index in [4.69, 9.17) is 10.5 Å². The van der Waals surface area contributed by atoms with E-state index >= 15 is 0 Å². The van der Waals surface area contributed by atoms with Crippen molar-refractivity contribution in [2.75, 3.05) is 7.11 Å². The Morgan fingerprint density at radius 1 is 1.60 bits per heavy atom. The lowest BCUT2D eigenvalue weighted by atomic mass is 10.1. The summed E-state index contributed by atoms with van der Waals surface area (Å²) in [6, 6.07) is 2.37. The standard InChI is InChI=1S/C12H20N2O/c1-9(15-2)7-14-6-5-11(8-14)12(13)10-3-4-10/h5-6,8-10,12H,3-4,7,13H2,1-2H3. The number of hydrogen-bond acceptors (Lipinski definition) is 2. The predicted molar refractivity (Wildman–Crippen MR) is 60.6 cm³/mol. The lowest BCUT2D eigenvalue weighted by Crippen LogP contribution is -2.14. The van der Waals surface area contributed by atoms with Crippen LogP contribution in [-0.2, 0) is 11.3 Å². The third-order valence-corrected chi connectivity index (χ3v) is 3.16. The molecule has 0 spiro atoms. The highest BCUT2D eigenvalue weighted by molar-refractivity contribution is 5.17. The van der Waals surface area contributed by atoms with Crippen LogP contribution >= 0.6 is 0 Å². The van der Waals surface area contributed by atoms with Crippen molar-refractivity contribution in [3.8, 4) is 0 Å². The molecule has 0 aromatic carbocycles. The van der Waals surface area contributed by atoms with E-state index in [9.17, 15) is 0 Å². The molecule has 84 valence electrons. The Balaban J connectivity index is 1.96. The van der Waals surface area contributed by atoms with Crippen LogP contribution in [0.1, 0.15) is 31.4 Å². The van der Waals surface area contributed by atoms with E-state index in [0.717, 1.165) is 12.5 Å². The summed E-state index contributed by atoms with van der Waals surface area (Å²) in [7, 11) is 1.74. The zero-order valence-electron chi connectivity index (χ0n) is 9.52. The molecule has 0 aliphatic heterocycles. The minimum atomic E-state index is 0.240. The van der Waals surface area contributed by atoms with Crippen molar-refractivity contribution in [3.05, 3.63) is 24.0 Å². The molecule has 0 amide bonds. The second-order valence-electron chi connectivity index (χ2n) is 4.55. The fourth-order valence-corrected chi connectivity index (χ4v) is 1.87. The molecule has 1 aliphatic carbocycles. The first kappa shape index (κ1) is 10.7. The summed E-state index contributed by atoms with van der Waals surface area (Å²) in [6.45, 7) is 2.97. The Bertz CT molecular complexity index is 317. The number of ether oxygens (including phenoxy) is 1. The molecule has 1 heterocycles. The van der Waals surface area contributed by atoms with Gasteiger partial charge in [-0.25, -0.2) is 0 Å². The molecule has 1 aliphatic rings. The molecular weight excluding hydrogens is 188 g/mol. The number of aromatic nitrogens is 1. The lowest BCUT2D eigenvalue weighted by Gasteiger charge is -2.10. The van der Waals surface area contributed by atoms with Crippen molar-refractivity contribution < 1.29 is 4.74 Å². The van der Waals surface area contributed by atoms with E-state index in [1.807, 2.05) is 0 Å². The van der Waals surface area contributed by atoms with Crippen molar-refractivity contribution >= 4 is 0 Å². The van der Waals surface area contributed by atoms with Crippen LogP contribution in [0.5, 0.6) is 0 Å². The average molecular weight is 208 g/mol. The van der Waals surface area contributed by atoms with Gasteiger partial charge in [0.2, 0.25) is 0 Å². The summed E-state index contributed by atoms with van der Waals surface area (Å²) in [4.78, 5) is 0. The van der Waals surface area contributed by atoms with Crippen molar-refractivity contribution in [3.63, 3.8) is 0 Å². The zero-order valence-corrected chi connectivity index (χ0v) is 9.52. The first-order chi connectivity index (χ1) is 7.20. The molecule has 15 heavy (non-hydrogen) atoms. The molecule has 3 heteroatoms. The molecule has 1 fully saturated rings. The van der Waals surface area contributed by atoms with Gasteiger partial charge in [0.25, 0.3) is 0 Å². The number of nitrogens with two attached hydrogens (primary N) is 1. The fourth-order valence-electron chi connectivity index (χ4n) is 1.87. The van der Waals surface area contributed by atoms with Crippen molar-refractivity contribution in [2.24, 2.45) is 11.7 Å².